The number of hydrogen-bond acceptors (Lipinski definition) is 3. The summed E-state index contributed by atoms with van der Waals surface area (Å²) in [6.45, 7) is 0.388. The van der Waals surface area contributed by atoms with Crippen molar-refractivity contribution in [2.24, 2.45) is 12.8 Å². The highest BCUT2D eigenvalue weighted by Gasteiger charge is 1.99. The van der Waals surface area contributed by atoms with Crippen molar-refractivity contribution in [1.29, 1.82) is 0 Å². The fourth-order valence-corrected chi connectivity index (χ4v) is 0.786. The van der Waals surface area contributed by atoms with Gasteiger partial charge in [-0.2, -0.15) is 5.10 Å². The van der Waals surface area contributed by atoms with E-state index in [-0.39, 0.29) is 0 Å². The highest BCUT2D eigenvalue weighted by atomic mass is 79.9. The summed E-state index contributed by atoms with van der Waals surface area (Å²) in [7, 11) is 1.80. The summed E-state index contributed by atoms with van der Waals surface area (Å²) in [4.78, 5) is 3.97. The first kappa shape index (κ1) is 6.70. The number of nitrogens with zero attached hydrogens (tertiary/aromatic N) is 3. The van der Waals surface area contributed by atoms with Crippen LogP contribution >= 0.6 is 15.9 Å². The zero-order valence-corrected chi connectivity index (χ0v) is 6.59. The SMILES string of the molecule is Cn1nc(CN)nc1Br. The van der Waals surface area contributed by atoms with Gasteiger partial charge in [0.25, 0.3) is 0 Å². The molecule has 4 nitrogen and oxygen atoms in total. The van der Waals surface area contributed by atoms with E-state index in [1.165, 1.54) is 0 Å². The van der Waals surface area contributed by atoms with Crippen molar-refractivity contribution in [3.63, 3.8) is 0 Å². The molecule has 0 spiro atoms. The molecule has 0 bridgehead atoms. The van der Waals surface area contributed by atoms with E-state index in [1.807, 2.05) is 0 Å². The molecule has 9 heavy (non-hydrogen) atoms. The van der Waals surface area contributed by atoms with Gasteiger partial charge in [-0.3, -0.25) is 0 Å². The van der Waals surface area contributed by atoms with E-state index in [9.17, 15) is 0 Å². The third-order valence-corrected chi connectivity index (χ3v) is 1.63. The van der Waals surface area contributed by atoms with E-state index >= 15 is 0 Å². The molecule has 1 rings (SSSR count). The molecular formula is C4H7BrN4. The number of nitrogens with two attached hydrogens (primary N) is 1. The first-order valence-electron chi connectivity index (χ1n) is 2.49. The summed E-state index contributed by atoms with van der Waals surface area (Å²) in [6.07, 6.45) is 0. The highest BCUT2D eigenvalue weighted by molar-refractivity contribution is 9.10. The Morgan fingerprint density at radius 3 is 2.67 bits per heavy atom. The molecule has 0 unspecified atom stereocenters. The monoisotopic (exact) mass is 190 g/mol. The maximum Gasteiger partial charge on any atom is 0.195 e. The topological polar surface area (TPSA) is 56.7 Å². The van der Waals surface area contributed by atoms with Gasteiger partial charge in [0.05, 0.1) is 6.54 Å². The quantitative estimate of drug-likeness (QED) is 0.681. The second kappa shape index (κ2) is 2.45. The molecule has 0 saturated heterocycles. The normalized spacial score (nSPS) is 10.1. The maximum absolute atomic E-state index is 5.27. The molecule has 50 valence electrons. The van der Waals surface area contributed by atoms with Gasteiger partial charge >= 0.3 is 0 Å². The van der Waals surface area contributed by atoms with Crippen LogP contribution in [0.3, 0.4) is 0 Å². The van der Waals surface area contributed by atoms with Crippen molar-refractivity contribution in [3.05, 3.63) is 10.6 Å². The largest absolute Gasteiger partial charge is 0.324 e. The molecule has 5 heteroatoms. The van der Waals surface area contributed by atoms with Crippen LogP contribution < -0.4 is 5.73 Å². The molecule has 0 aromatic carbocycles. The highest BCUT2D eigenvalue weighted by Crippen LogP contribution is 2.02. The molecule has 0 amide bonds. The van der Waals surface area contributed by atoms with Gasteiger partial charge in [0.2, 0.25) is 0 Å². The fraction of sp³-hybridized carbons (Fsp3) is 0.500. The molecule has 0 radical (unpaired) electrons. The lowest BCUT2D eigenvalue weighted by Crippen LogP contribution is -1.99. The number of halogens is 1. The third-order valence-electron chi connectivity index (χ3n) is 0.936. The van der Waals surface area contributed by atoms with Gasteiger partial charge in [0, 0.05) is 7.05 Å². The molecule has 1 heterocycles. The van der Waals surface area contributed by atoms with Gasteiger partial charge in [-0.15, -0.1) is 0 Å². The lowest BCUT2D eigenvalue weighted by molar-refractivity contribution is 0.728. The third kappa shape index (κ3) is 1.28. The summed E-state index contributed by atoms with van der Waals surface area (Å²) < 4.78 is 2.34. The van der Waals surface area contributed by atoms with Crippen LogP contribution in [0.4, 0.5) is 0 Å². The van der Waals surface area contributed by atoms with E-state index in [2.05, 4.69) is 26.0 Å². The van der Waals surface area contributed by atoms with Gasteiger partial charge in [0.1, 0.15) is 0 Å². The molecule has 0 saturated carbocycles. The van der Waals surface area contributed by atoms with Crippen LogP contribution in [-0.2, 0) is 13.6 Å². The fourth-order valence-electron chi connectivity index (χ4n) is 0.502. The smallest absolute Gasteiger partial charge is 0.195 e. The predicted octanol–water partition coefficient (Wildman–Crippen LogP) is 0.0363. The number of aryl methyl sites for hydroxylation is 1. The van der Waals surface area contributed by atoms with Crippen molar-refractivity contribution in [2.75, 3.05) is 0 Å². The van der Waals surface area contributed by atoms with Gasteiger partial charge < -0.3 is 5.73 Å². The van der Waals surface area contributed by atoms with Crippen LogP contribution in [0.5, 0.6) is 0 Å². The van der Waals surface area contributed by atoms with Gasteiger partial charge in [-0.25, -0.2) is 9.67 Å². The molecule has 0 aliphatic rings. The lowest BCUT2D eigenvalue weighted by atomic mass is 10.6. The van der Waals surface area contributed by atoms with Crippen molar-refractivity contribution in [3.8, 4) is 0 Å². The Morgan fingerprint density at radius 1 is 1.78 bits per heavy atom. The van der Waals surface area contributed by atoms with Crippen molar-refractivity contribution < 1.29 is 0 Å². The summed E-state index contributed by atoms with van der Waals surface area (Å²) in [5.41, 5.74) is 5.27. The minimum absolute atomic E-state index is 0.388. The van der Waals surface area contributed by atoms with Crippen LogP contribution in [0.1, 0.15) is 5.82 Å². The molecule has 0 aliphatic heterocycles. The zero-order valence-electron chi connectivity index (χ0n) is 5.00. The maximum atomic E-state index is 5.27. The molecule has 0 aliphatic carbocycles. The second-order valence-electron chi connectivity index (χ2n) is 1.62. The Bertz CT molecular complexity index is 187. The van der Waals surface area contributed by atoms with E-state index in [1.54, 1.807) is 11.7 Å². The average molecular weight is 191 g/mol. The second-order valence-corrected chi connectivity index (χ2v) is 2.33. The van der Waals surface area contributed by atoms with Crippen molar-refractivity contribution >= 4 is 15.9 Å². The van der Waals surface area contributed by atoms with E-state index < -0.39 is 0 Å². The number of rotatable bonds is 1. The Balaban J connectivity index is 2.98. The van der Waals surface area contributed by atoms with E-state index in [0.29, 0.717) is 17.1 Å². The van der Waals surface area contributed by atoms with Crippen molar-refractivity contribution in [1.82, 2.24) is 14.8 Å². The summed E-state index contributed by atoms with van der Waals surface area (Å²) in [5, 5.41) is 3.96. The Morgan fingerprint density at radius 2 is 2.44 bits per heavy atom. The molecule has 1 aromatic rings. The van der Waals surface area contributed by atoms with E-state index in [4.69, 9.17) is 5.73 Å². The minimum Gasteiger partial charge on any atom is -0.324 e. The Labute approximate surface area is 61.2 Å². The molecule has 0 atom stereocenters. The minimum atomic E-state index is 0.388. The number of aromatic nitrogens is 3. The van der Waals surface area contributed by atoms with Crippen LogP contribution in [-0.4, -0.2) is 14.8 Å². The predicted molar refractivity (Wildman–Crippen MR) is 36.6 cm³/mol. The van der Waals surface area contributed by atoms with Crippen LogP contribution in [0.2, 0.25) is 0 Å². The first-order chi connectivity index (χ1) is 4.24. The van der Waals surface area contributed by atoms with Crippen LogP contribution in [0.25, 0.3) is 0 Å². The van der Waals surface area contributed by atoms with Gasteiger partial charge in [0.15, 0.2) is 10.6 Å². The summed E-state index contributed by atoms with van der Waals surface area (Å²) in [6, 6.07) is 0. The first-order valence-corrected chi connectivity index (χ1v) is 3.29. The van der Waals surface area contributed by atoms with Crippen molar-refractivity contribution in [2.45, 2.75) is 6.54 Å². The molecule has 1 aromatic heterocycles. The Kier molecular flexibility index (Phi) is 1.82. The van der Waals surface area contributed by atoms with Gasteiger partial charge in [-0.1, -0.05) is 0 Å². The van der Waals surface area contributed by atoms with Crippen LogP contribution in [0, 0.1) is 0 Å². The number of hydrogen-bond donors (Lipinski definition) is 1. The summed E-state index contributed by atoms with van der Waals surface area (Å²) >= 11 is 3.19. The average Bonchev–Trinajstić information content (AvgIpc) is 2.13. The zero-order chi connectivity index (χ0) is 6.85. The van der Waals surface area contributed by atoms with Crippen LogP contribution in [0.15, 0.2) is 4.73 Å². The lowest BCUT2D eigenvalue weighted by Gasteiger charge is -1.83. The summed E-state index contributed by atoms with van der Waals surface area (Å²) in [5.74, 6) is 0.657. The van der Waals surface area contributed by atoms with Gasteiger partial charge in [-0.05, 0) is 15.9 Å². The molecule has 2 N–H and O–H groups in total. The van der Waals surface area contributed by atoms with E-state index in [0.717, 1.165) is 0 Å². The molecule has 0 fully saturated rings. The standard InChI is InChI=1S/C4H7BrN4/c1-9-4(5)7-3(2-6)8-9/h2,6H2,1H3. The Hall–Kier alpha value is -0.420. The molecular weight excluding hydrogens is 184 g/mol.